The number of piperidine rings is 1. The van der Waals surface area contributed by atoms with E-state index in [-0.39, 0.29) is 5.91 Å². The third-order valence-corrected chi connectivity index (χ3v) is 5.34. The summed E-state index contributed by atoms with van der Waals surface area (Å²) in [4.78, 5) is 52.6. The summed E-state index contributed by atoms with van der Waals surface area (Å²) in [7, 11) is 0. The molecular formula is C20H26N4O4. The van der Waals surface area contributed by atoms with Crippen LogP contribution in [-0.2, 0) is 19.9 Å². The predicted molar refractivity (Wildman–Crippen MR) is 102 cm³/mol. The molecule has 1 aromatic carbocycles. The lowest BCUT2D eigenvalue weighted by Crippen LogP contribution is -2.51. The van der Waals surface area contributed by atoms with Crippen LogP contribution in [0.4, 0.5) is 4.79 Å². The van der Waals surface area contributed by atoms with Crippen LogP contribution in [0, 0.1) is 0 Å². The van der Waals surface area contributed by atoms with Crippen LogP contribution in [0.5, 0.6) is 0 Å². The molecule has 0 aromatic heterocycles. The number of carbonyl (C=O) groups is 4. The maximum Gasteiger partial charge on any atom is 0.325 e. The van der Waals surface area contributed by atoms with Gasteiger partial charge in [-0.1, -0.05) is 30.3 Å². The molecule has 0 radical (unpaired) electrons. The Bertz CT molecular complexity index is 776. The Morgan fingerprint density at radius 1 is 1.14 bits per heavy atom. The smallest absolute Gasteiger partial charge is 0.325 e. The summed E-state index contributed by atoms with van der Waals surface area (Å²) < 4.78 is 0. The molecule has 5 amide bonds. The van der Waals surface area contributed by atoms with Gasteiger partial charge in [0.15, 0.2) is 0 Å². The zero-order valence-corrected chi connectivity index (χ0v) is 16.2. The fraction of sp³-hybridized carbons (Fsp3) is 0.500. The molecule has 1 unspecified atom stereocenters. The van der Waals surface area contributed by atoms with Crippen molar-refractivity contribution in [3.8, 4) is 0 Å². The Balaban J connectivity index is 1.61. The highest BCUT2D eigenvalue weighted by Crippen LogP contribution is 2.28. The van der Waals surface area contributed by atoms with Gasteiger partial charge in [0, 0.05) is 13.1 Å². The molecule has 2 atom stereocenters. The van der Waals surface area contributed by atoms with Crippen molar-refractivity contribution < 1.29 is 19.2 Å². The van der Waals surface area contributed by atoms with Gasteiger partial charge in [-0.2, -0.15) is 0 Å². The Kier molecular flexibility index (Phi) is 5.67. The van der Waals surface area contributed by atoms with Crippen LogP contribution in [0.3, 0.4) is 0 Å². The summed E-state index contributed by atoms with van der Waals surface area (Å²) >= 11 is 0. The maximum atomic E-state index is 12.8. The molecule has 8 nitrogen and oxygen atoms in total. The minimum atomic E-state index is -1.21. The van der Waals surface area contributed by atoms with Crippen molar-refractivity contribution >= 4 is 23.8 Å². The molecule has 2 fully saturated rings. The highest BCUT2D eigenvalue weighted by atomic mass is 16.2. The number of carbonyl (C=O) groups excluding carboxylic acids is 4. The van der Waals surface area contributed by atoms with Crippen molar-refractivity contribution in [2.45, 2.75) is 44.7 Å². The van der Waals surface area contributed by atoms with Crippen LogP contribution in [0.2, 0.25) is 0 Å². The fourth-order valence-corrected chi connectivity index (χ4v) is 3.69. The Morgan fingerprint density at radius 2 is 1.79 bits per heavy atom. The van der Waals surface area contributed by atoms with Crippen molar-refractivity contribution in [3.63, 3.8) is 0 Å². The number of likely N-dealkylation sites (tertiary alicyclic amines) is 1. The molecule has 0 bridgehead atoms. The van der Waals surface area contributed by atoms with E-state index < -0.39 is 36.0 Å². The fourth-order valence-electron chi connectivity index (χ4n) is 3.69. The highest BCUT2D eigenvalue weighted by molar-refractivity contribution is 6.09. The molecule has 0 aliphatic carbocycles. The first-order chi connectivity index (χ1) is 13.3. The molecule has 3 rings (SSSR count). The summed E-state index contributed by atoms with van der Waals surface area (Å²) in [6, 6.07) is 7.56. The Labute approximate surface area is 164 Å². The molecule has 2 aliphatic heterocycles. The average Bonchev–Trinajstić information content (AvgIpc) is 2.92. The lowest BCUT2D eigenvalue weighted by Gasteiger charge is -2.29. The van der Waals surface area contributed by atoms with E-state index in [1.807, 2.05) is 6.07 Å². The maximum absolute atomic E-state index is 12.8. The molecule has 0 spiro atoms. The standard InChI is InChI=1S/C20H26N4O4/c1-14(17(26)23-11-7-4-8-12-23)21-16(25)13-24-18(27)20(2,22-19(24)28)15-9-5-3-6-10-15/h3,5-6,9-10,14H,4,7-8,11-13H2,1-2H3,(H,21,25)(H,22,28)/t14-,20?/m0/s1. The summed E-state index contributed by atoms with van der Waals surface area (Å²) in [6.45, 7) is 4.20. The zero-order chi connectivity index (χ0) is 20.3. The predicted octanol–water partition coefficient (Wildman–Crippen LogP) is 0.971. The second-order valence-corrected chi connectivity index (χ2v) is 7.49. The molecule has 2 heterocycles. The van der Waals surface area contributed by atoms with Gasteiger partial charge in [-0.15, -0.1) is 0 Å². The van der Waals surface area contributed by atoms with E-state index in [9.17, 15) is 19.2 Å². The largest absolute Gasteiger partial charge is 0.343 e. The van der Waals surface area contributed by atoms with Gasteiger partial charge in [-0.25, -0.2) is 4.79 Å². The van der Waals surface area contributed by atoms with E-state index in [0.29, 0.717) is 18.7 Å². The lowest BCUT2D eigenvalue weighted by molar-refractivity contribution is -0.138. The van der Waals surface area contributed by atoms with E-state index in [0.717, 1.165) is 24.2 Å². The first-order valence-electron chi connectivity index (χ1n) is 9.60. The summed E-state index contributed by atoms with van der Waals surface area (Å²) in [5, 5.41) is 5.27. The number of hydrogen-bond donors (Lipinski definition) is 2. The topological polar surface area (TPSA) is 98.8 Å². The molecule has 150 valence electrons. The van der Waals surface area contributed by atoms with E-state index in [2.05, 4.69) is 10.6 Å². The molecular weight excluding hydrogens is 360 g/mol. The van der Waals surface area contributed by atoms with E-state index in [1.165, 1.54) is 0 Å². The van der Waals surface area contributed by atoms with Crippen molar-refractivity contribution in [1.82, 2.24) is 20.4 Å². The van der Waals surface area contributed by atoms with Crippen LogP contribution in [0.25, 0.3) is 0 Å². The first-order valence-corrected chi connectivity index (χ1v) is 9.60. The number of imide groups is 1. The normalized spacial score (nSPS) is 23.4. The van der Waals surface area contributed by atoms with E-state index in [1.54, 1.807) is 43.0 Å². The SMILES string of the molecule is C[C@H](NC(=O)CN1C(=O)NC(C)(c2ccccc2)C1=O)C(=O)N1CCCCC1. The van der Waals surface area contributed by atoms with Crippen molar-refractivity contribution in [2.24, 2.45) is 0 Å². The lowest BCUT2D eigenvalue weighted by atomic mass is 9.92. The van der Waals surface area contributed by atoms with Crippen LogP contribution in [0.15, 0.2) is 30.3 Å². The molecule has 2 saturated heterocycles. The molecule has 2 N–H and O–H groups in total. The van der Waals surface area contributed by atoms with Gasteiger partial charge in [0.25, 0.3) is 5.91 Å². The van der Waals surface area contributed by atoms with Gasteiger partial charge in [0.2, 0.25) is 11.8 Å². The van der Waals surface area contributed by atoms with E-state index >= 15 is 0 Å². The highest BCUT2D eigenvalue weighted by Gasteiger charge is 2.49. The molecule has 28 heavy (non-hydrogen) atoms. The molecule has 0 saturated carbocycles. The van der Waals surface area contributed by atoms with Gasteiger partial charge in [0.1, 0.15) is 18.1 Å². The van der Waals surface area contributed by atoms with Crippen molar-refractivity contribution in [2.75, 3.05) is 19.6 Å². The second kappa shape index (κ2) is 8.00. The average molecular weight is 386 g/mol. The number of rotatable bonds is 5. The van der Waals surface area contributed by atoms with Gasteiger partial charge in [-0.05, 0) is 38.7 Å². The third-order valence-electron chi connectivity index (χ3n) is 5.34. The Morgan fingerprint density at radius 3 is 2.43 bits per heavy atom. The van der Waals surface area contributed by atoms with Crippen molar-refractivity contribution in [3.05, 3.63) is 35.9 Å². The quantitative estimate of drug-likeness (QED) is 0.737. The van der Waals surface area contributed by atoms with Gasteiger partial charge in [-0.3, -0.25) is 19.3 Å². The number of urea groups is 1. The van der Waals surface area contributed by atoms with Gasteiger partial charge < -0.3 is 15.5 Å². The second-order valence-electron chi connectivity index (χ2n) is 7.49. The third kappa shape index (κ3) is 3.85. The van der Waals surface area contributed by atoms with Crippen LogP contribution < -0.4 is 10.6 Å². The zero-order valence-electron chi connectivity index (χ0n) is 16.2. The molecule has 1 aromatic rings. The van der Waals surface area contributed by atoms with Crippen LogP contribution in [0.1, 0.15) is 38.7 Å². The number of nitrogens with one attached hydrogen (secondary N) is 2. The first kappa shape index (κ1) is 19.9. The van der Waals surface area contributed by atoms with Gasteiger partial charge >= 0.3 is 6.03 Å². The number of nitrogens with zero attached hydrogens (tertiary/aromatic N) is 2. The van der Waals surface area contributed by atoms with E-state index in [4.69, 9.17) is 0 Å². The molecule has 8 heteroatoms. The number of hydrogen-bond acceptors (Lipinski definition) is 4. The minimum Gasteiger partial charge on any atom is -0.343 e. The minimum absolute atomic E-state index is 0.139. The van der Waals surface area contributed by atoms with Crippen LogP contribution >= 0.6 is 0 Å². The summed E-state index contributed by atoms with van der Waals surface area (Å²) in [6.07, 6.45) is 3.04. The monoisotopic (exact) mass is 386 g/mol. The number of amides is 5. The molecule has 2 aliphatic rings. The number of benzene rings is 1. The summed E-state index contributed by atoms with van der Waals surface area (Å²) in [5.41, 5.74) is -0.571. The summed E-state index contributed by atoms with van der Waals surface area (Å²) in [5.74, 6) is -1.17. The van der Waals surface area contributed by atoms with Gasteiger partial charge in [0.05, 0.1) is 0 Å². The Hall–Kier alpha value is -2.90. The van der Waals surface area contributed by atoms with Crippen LogP contribution in [-0.4, -0.2) is 59.2 Å². The van der Waals surface area contributed by atoms with Crippen molar-refractivity contribution in [1.29, 1.82) is 0 Å².